The van der Waals surface area contributed by atoms with Crippen molar-refractivity contribution in [1.29, 1.82) is 0 Å². The van der Waals surface area contributed by atoms with E-state index >= 15 is 0 Å². The molecule has 0 aliphatic heterocycles. The smallest absolute Gasteiger partial charge is 0.305 e. The molecule has 6 heteroatoms. The Morgan fingerprint density at radius 1 is 1.65 bits per heavy atom. The molecule has 0 atom stereocenters. The van der Waals surface area contributed by atoms with Crippen molar-refractivity contribution in [2.45, 2.75) is 19.4 Å². The van der Waals surface area contributed by atoms with E-state index in [0.29, 0.717) is 6.42 Å². The monoisotopic (exact) mass is 272 g/mol. The average Bonchev–Trinajstić information content (AvgIpc) is 2.84. The Hall–Kier alpha value is -1.01. The van der Waals surface area contributed by atoms with Crippen LogP contribution >= 0.6 is 24.0 Å². The van der Waals surface area contributed by atoms with Crippen molar-refractivity contribution in [3.8, 4) is 0 Å². The lowest BCUT2D eigenvalue weighted by molar-refractivity contribution is -0.140. The third-order valence-corrected chi connectivity index (χ3v) is 3.48. The third-order valence-electron chi connectivity index (χ3n) is 2.09. The van der Waals surface area contributed by atoms with Crippen LogP contribution in [0.5, 0.6) is 0 Å². The molecule has 4 nitrogen and oxygen atoms in total. The first-order chi connectivity index (χ1) is 8.22. The van der Waals surface area contributed by atoms with Crippen LogP contribution in [0, 0.1) is 0 Å². The standard InChI is InChI=1S/C11H16N2O2S2/c1-15-10(14)3-2-6-17-11(16)13-8-9-4-5-12-7-9/h4-5,7,12H,2-3,6,8H2,1H3,(H,13,16). The van der Waals surface area contributed by atoms with Gasteiger partial charge in [-0.05, 0) is 18.1 Å². The number of nitrogens with one attached hydrogen (secondary N) is 2. The molecule has 2 N–H and O–H groups in total. The molecular formula is C11H16N2O2S2. The van der Waals surface area contributed by atoms with Crippen molar-refractivity contribution in [1.82, 2.24) is 10.3 Å². The van der Waals surface area contributed by atoms with Crippen LogP contribution in [0.4, 0.5) is 0 Å². The van der Waals surface area contributed by atoms with Gasteiger partial charge in [-0.15, -0.1) is 0 Å². The van der Waals surface area contributed by atoms with Gasteiger partial charge in [0.25, 0.3) is 0 Å². The molecule has 0 spiro atoms. The molecule has 0 aliphatic rings. The van der Waals surface area contributed by atoms with Crippen LogP contribution in [0.3, 0.4) is 0 Å². The van der Waals surface area contributed by atoms with E-state index in [1.807, 2.05) is 18.5 Å². The zero-order valence-electron chi connectivity index (χ0n) is 9.69. The number of thioether (sulfide) groups is 1. The van der Waals surface area contributed by atoms with Crippen LogP contribution in [0.1, 0.15) is 18.4 Å². The number of methoxy groups -OCH3 is 1. The predicted molar refractivity (Wildman–Crippen MR) is 73.9 cm³/mol. The number of rotatable bonds is 6. The number of H-pyrrole nitrogens is 1. The maximum atomic E-state index is 10.9. The van der Waals surface area contributed by atoms with Gasteiger partial charge in [0, 0.05) is 31.1 Å². The van der Waals surface area contributed by atoms with E-state index in [9.17, 15) is 4.79 Å². The lowest BCUT2D eigenvalue weighted by Crippen LogP contribution is -2.17. The van der Waals surface area contributed by atoms with Crippen molar-refractivity contribution >= 4 is 34.3 Å². The van der Waals surface area contributed by atoms with Crippen molar-refractivity contribution in [2.75, 3.05) is 12.9 Å². The Kier molecular flexibility index (Phi) is 6.73. The Labute approximate surface area is 111 Å². The number of carbonyl (C=O) groups is 1. The van der Waals surface area contributed by atoms with E-state index in [1.165, 1.54) is 12.7 Å². The number of ether oxygens (including phenoxy) is 1. The number of aromatic nitrogens is 1. The van der Waals surface area contributed by atoms with Gasteiger partial charge in [-0.25, -0.2) is 0 Å². The number of esters is 1. The Morgan fingerprint density at radius 3 is 3.12 bits per heavy atom. The molecule has 0 bridgehead atoms. The fraction of sp³-hybridized carbons (Fsp3) is 0.455. The van der Waals surface area contributed by atoms with Crippen molar-refractivity contribution in [3.05, 3.63) is 24.0 Å². The predicted octanol–water partition coefficient (Wildman–Crippen LogP) is 2.08. The second kappa shape index (κ2) is 8.14. The molecule has 0 aromatic carbocycles. The minimum absolute atomic E-state index is 0.170. The van der Waals surface area contributed by atoms with Gasteiger partial charge in [-0.2, -0.15) is 0 Å². The molecule has 0 fully saturated rings. The minimum Gasteiger partial charge on any atom is -0.469 e. The number of carbonyl (C=O) groups excluding carboxylic acids is 1. The lowest BCUT2D eigenvalue weighted by Gasteiger charge is -2.05. The minimum atomic E-state index is -0.170. The third kappa shape index (κ3) is 6.33. The van der Waals surface area contributed by atoms with Crippen LogP contribution in [0.15, 0.2) is 18.5 Å². The highest BCUT2D eigenvalue weighted by atomic mass is 32.2. The molecule has 1 rings (SSSR count). The van der Waals surface area contributed by atoms with Crippen LogP contribution in [-0.2, 0) is 16.1 Å². The molecule has 17 heavy (non-hydrogen) atoms. The van der Waals surface area contributed by atoms with Crippen molar-refractivity contribution < 1.29 is 9.53 Å². The van der Waals surface area contributed by atoms with Crippen LogP contribution < -0.4 is 5.32 Å². The van der Waals surface area contributed by atoms with Crippen LogP contribution in [0.2, 0.25) is 0 Å². The van der Waals surface area contributed by atoms with Gasteiger partial charge < -0.3 is 15.0 Å². The Balaban J connectivity index is 2.03. The van der Waals surface area contributed by atoms with E-state index in [1.54, 1.807) is 11.8 Å². The lowest BCUT2D eigenvalue weighted by atomic mass is 10.3. The molecule has 0 aliphatic carbocycles. The fourth-order valence-electron chi connectivity index (χ4n) is 1.18. The van der Waals surface area contributed by atoms with Gasteiger partial charge in [-0.3, -0.25) is 4.79 Å². The van der Waals surface area contributed by atoms with Gasteiger partial charge in [0.15, 0.2) is 0 Å². The van der Waals surface area contributed by atoms with Crippen LogP contribution in [0.25, 0.3) is 0 Å². The second-order valence-electron chi connectivity index (χ2n) is 3.39. The van der Waals surface area contributed by atoms with Gasteiger partial charge in [0.05, 0.1) is 7.11 Å². The quantitative estimate of drug-likeness (QED) is 0.472. The summed E-state index contributed by atoms with van der Waals surface area (Å²) >= 11 is 6.71. The molecule has 1 aromatic heterocycles. The summed E-state index contributed by atoms with van der Waals surface area (Å²) in [5, 5.41) is 3.15. The van der Waals surface area contributed by atoms with Crippen molar-refractivity contribution in [3.63, 3.8) is 0 Å². The highest BCUT2D eigenvalue weighted by molar-refractivity contribution is 8.22. The maximum absolute atomic E-state index is 10.9. The molecule has 0 amide bonds. The Morgan fingerprint density at radius 2 is 2.47 bits per heavy atom. The molecule has 0 unspecified atom stereocenters. The van der Waals surface area contributed by atoms with Gasteiger partial charge in [-0.1, -0.05) is 24.0 Å². The first-order valence-corrected chi connectivity index (χ1v) is 6.71. The summed E-state index contributed by atoms with van der Waals surface area (Å²) in [6.45, 7) is 0.729. The number of hydrogen-bond donors (Lipinski definition) is 2. The Bertz CT molecular complexity index is 352. The molecule has 94 valence electrons. The highest BCUT2D eigenvalue weighted by Gasteiger charge is 2.02. The first kappa shape index (κ1) is 14.1. The van der Waals surface area contributed by atoms with E-state index in [2.05, 4.69) is 15.0 Å². The SMILES string of the molecule is COC(=O)CCCSC(=S)NCc1cc[nH]c1. The zero-order chi connectivity index (χ0) is 12.5. The highest BCUT2D eigenvalue weighted by Crippen LogP contribution is 2.07. The summed E-state index contributed by atoms with van der Waals surface area (Å²) < 4.78 is 5.31. The molecule has 1 aromatic rings. The number of hydrogen-bond acceptors (Lipinski definition) is 4. The average molecular weight is 272 g/mol. The summed E-state index contributed by atoms with van der Waals surface area (Å²) in [4.78, 5) is 13.8. The molecular weight excluding hydrogens is 256 g/mol. The maximum Gasteiger partial charge on any atom is 0.305 e. The van der Waals surface area contributed by atoms with Crippen molar-refractivity contribution in [2.24, 2.45) is 0 Å². The molecule has 0 saturated heterocycles. The molecule has 1 heterocycles. The first-order valence-electron chi connectivity index (χ1n) is 5.31. The van der Waals surface area contributed by atoms with Crippen LogP contribution in [-0.4, -0.2) is 28.1 Å². The topological polar surface area (TPSA) is 54.1 Å². The zero-order valence-corrected chi connectivity index (χ0v) is 11.3. The summed E-state index contributed by atoms with van der Waals surface area (Å²) in [5.41, 5.74) is 1.17. The molecule has 0 saturated carbocycles. The largest absolute Gasteiger partial charge is 0.469 e. The second-order valence-corrected chi connectivity index (χ2v) is 5.16. The summed E-state index contributed by atoms with van der Waals surface area (Å²) in [7, 11) is 1.40. The van der Waals surface area contributed by atoms with E-state index in [4.69, 9.17) is 12.2 Å². The summed E-state index contributed by atoms with van der Waals surface area (Å²) in [6, 6.07) is 2.00. The number of aromatic amines is 1. The summed E-state index contributed by atoms with van der Waals surface area (Å²) in [5.74, 6) is 0.658. The summed E-state index contributed by atoms with van der Waals surface area (Å²) in [6.07, 6.45) is 5.04. The fourth-order valence-corrected chi connectivity index (χ4v) is 2.15. The van der Waals surface area contributed by atoms with Gasteiger partial charge >= 0.3 is 5.97 Å². The van der Waals surface area contributed by atoms with E-state index < -0.39 is 0 Å². The molecule has 0 radical (unpaired) electrons. The van der Waals surface area contributed by atoms with E-state index in [-0.39, 0.29) is 5.97 Å². The normalized spacial score (nSPS) is 9.94. The number of thiocarbonyl (C=S) groups is 1. The van der Waals surface area contributed by atoms with E-state index in [0.717, 1.165) is 23.0 Å². The van der Waals surface area contributed by atoms with Gasteiger partial charge in [0.2, 0.25) is 0 Å². The van der Waals surface area contributed by atoms with Gasteiger partial charge in [0.1, 0.15) is 4.32 Å².